The molecule has 1 unspecified atom stereocenters. The van der Waals surface area contributed by atoms with Crippen LogP contribution >= 0.6 is 0 Å². The normalized spacial score (nSPS) is 12.5. The third-order valence-corrected chi connectivity index (χ3v) is 5.76. The zero-order valence-corrected chi connectivity index (χ0v) is 20.6. The predicted octanol–water partition coefficient (Wildman–Crippen LogP) is 3.95. The topological polar surface area (TPSA) is 121 Å². The second kappa shape index (κ2) is 11.2. The maximum absolute atomic E-state index is 13.8. The zero-order valence-electron chi connectivity index (χ0n) is 20.6. The molecule has 9 heteroatoms. The Morgan fingerprint density at radius 1 is 1.03 bits per heavy atom. The van der Waals surface area contributed by atoms with E-state index >= 15 is 0 Å². The number of rotatable bonds is 11. The first-order valence-electron chi connectivity index (χ1n) is 11.2. The fourth-order valence-electron chi connectivity index (χ4n) is 3.65. The van der Waals surface area contributed by atoms with Crippen molar-refractivity contribution in [2.24, 2.45) is 5.73 Å². The smallest absolute Gasteiger partial charge is 0.255 e. The van der Waals surface area contributed by atoms with Crippen molar-refractivity contribution < 1.29 is 33.3 Å². The van der Waals surface area contributed by atoms with E-state index in [1.165, 1.54) is 32.4 Å². The van der Waals surface area contributed by atoms with Gasteiger partial charge in [0.2, 0.25) is 0 Å². The number of aliphatic hydroxyl groups is 1. The number of carbonyl (C=O) groups excluding carboxylic acids is 2. The molecular weight excluding hydrogens is 467 g/mol. The average molecular weight is 497 g/mol. The first-order chi connectivity index (χ1) is 17.1. The van der Waals surface area contributed by atoms with Crippen LogP contribution in [0.25, 0.3) is 11.3 Å². The first kappa shape index (κ1) is 26.6. The number of carbonyl (C=O) groups is 2. The number of aryl methyl sites for hydroxylation is 1. The van der Waals surface area contributed by atoms with Crippen molar-refractivity contribution in [3.63, 3.8) is 0 Å². The molecule has 0 saturated heterocycles. The fourth-order valence-corrected chi connectivity index (χ4v) is 3.65. The predicted molar refractivity (Wildman–Crippen MR) is 132 cm³/mol. The van der Waals surface area contributed by atoms with Gasteiger partial charge in [0.25, 0.3) is 5.91 Å². The second-order valence-corrected chi connectivity index (χ2v) is 8.53. The van der Waals surface area contributed by atoms with Gasteiger partial charge < -0.3 is 25.1 Å². The summed E-state index contributed by atoms with van der Waals surface area (Å²) in [6, 6.07) is 12.5. The largest absolute Gasteiger partial charge is 0.494 e. The van der Waals surface area contributed by atoms with Crippen molar-refractivity contribution in [3.8, 4) is 28.5 Å². The number of amides is 1. The highest BCUT2D eigenvalue weighted by Crippen LogP contribution is 2.34. The van der Waals surface area contributed by atoms with Gasteiger partial charge in [-0.1, -0.05) is 0 Å². The number of aromatic nitrogens is 1. The van der Waals surface area contributed by atoms with Gasteiger partial charge in [0.15, 0.2) is 23.9 Å². The van der Waals surface area contributed by atoms with Crippen LogP contribution in [0.1, 0.15) is 41.4 Å². The van der Waals surface area contributed by atoms with Gasteiger partial charge in [0, 0.05) is 17.5 Å². The number of benzene rings is 2. The van der Waals surface area contributed by atoms with E-state index in [0.717, 1.165) is 0 Å². The van der Waals surface area contributed by atoms with Crippen LogP contribution in [0.4, 0.5) is 4.39 Å². The van der Waals surface area contributed by atoms with Crippen LogP contribution < -0.4 is 19.9 Å². The minimum absolute atomic E-state index is 0.0241. The van der Waals surface area contributed by atoms with Crippen molar-refractivity contribution in [1.29, 1.82) is 0 Å². The summed E-state index contributed by atoms with van der Waals surface area (Å²) in [6.45, 7) is 2.92. The van der Waals surface area contributed by atoms with Gasteiger partial charge in [-0.2, -0.15) is 0 Å². The first-order valence-corrected chi connectivity index (χ1v) is 11.2. The Balaban J connectivity index is 1.79. The number of Topliss-reactive ketones (excluding diaryl/α,β-unsaturated/α-hetero) is 1. The van der Waals surface area contributed by atoms with E-state index in [9.17, 15) is 19.1 Å². The standard InChI is InChI=1S/C27H29FN2O6/c1-16-13-18(5-7-19(16)28)26-22(34-3)9-10-24(30-26)27(2,33)12-11-20(31)17-6-8-21(23(14-17)35-4)36-15-25(29)32/h5-10,13-14,33H,11-12,15H2,1-4H3,(H2,29,32). The Morgan fingerprint density at radius 2 is 1.72 bits per heavy atom. The number of halogens is 1. The molecule has 1 amide bonds. The van der Waals surface area contributed by atoms with Gasteiger partial charge in [-0.3, -0.25) is 9.59 Å². The van der Waals surface area contributed by atoms with Gasteiger partial charge in [-0.05, 0) is 74.4 Å². The van der Waals surface area contributed by atoms with Crippen molar-refractivity contribution in [3.05, 3.63) is 71.2 Å². The molecule has 1 aromatic heterocycles. The Kier molecular flexibility index (Phi) is 8.26. The Morgan fingerprint density at radius 3 is 2.36 bits per heavy atom. The highest BCUT2D eigenvalue weighted by Gasteiger charge is 2.28. The number of hydrogen-bond acceptors (Lipinski definition) is 7. The van der Waals surface area contributed by atoms with Crippen LogP contribution in [0.5, 0.6) is 17.2 Å². The molecule has 0 fully saturated rings. The molecule has 3 aromatic rings. The number of primary amides is 1. The van der Waals surface area contributed by atoms with E-state index in [1.54, 1.807) is 44.2 Å². The molecule has 0 bridgehead atoms. The number of ketones is 1. The average Bonchev–Trinajstić information content (AvgIpc) is 2.87. The fraction of sp³-hybridized carbons (Fsp3) is 0.296. The quantitative estimate of drug-likeness (QED) is 0.386. The minimum Gasteiger partial charge on any atom is -0.494 e. The molecule has 1 atom stereocenters. The molecule has 36 heavy (non-hydrogen) atoms. The maximum Gasteiger partial charge on any atom is 0.255 e. The summed E-state index contributed by atoms with van der Waals surface area (Å²) in [5, 5.41) is 11.2. The molecule has 2 aromatic carbocycles. The number of nitrogens with two attached hydrogens (primary N) is 1. The van der Waals surface area contributed by atoms with E-state index in [2.05, 4.69) is 4.98 Å². The van der Waals surface area contributed by atoms with Gasteiger partial charge in [-0.15, -0.1) is 0 Å². The summed E-state index contributed by atoms with van der Waals surface area (Å²) < 4.78 is 29.7. The number of nitrogens with zero attached hydrogens (tertiary/aromatic N) is 1. The Hall–Kier alpha value is -3.98. The number of pyridine rings is 1. The molecular formula is C27H29FN2O6. The molecule has 3 N–H and O–H groups in total. The van der Waals surface area contributed by atoms with Crippen molar-refractivity contribution in [1.82, 2.24) is 4.98 Å². The molecule has 1 heterocycles. The van der Waals surface area contributed by atoms with Crippen LogP contribution in [-0.4, -0.2) is 42.6 Å². The lowest BCUT2D eigenvalue weighted by molar-refractivity contribution is -0.119. The number of methoxy groups -OCH3 is 2. The molecule has 3 rings (SSSR count). The lowest BCUT2D eigenvalue weighted by atomic mass is 9.92. The summed E-state index contributed by atoms with van der Waals surface area (Å²) in [5.74, 6) is -0.149. The molecule has 8 nitrogen and oxygen atoms in total. The van der Waals surface area contributed by atoms with Crippen LogP contribution in [0, 0.1) is 12.7 Å². The van der Waals surface area contributed by atoms with E-state index in [0.29, 0.717) is 33.8 Å². The van der Waals surface area contributed by atoms with Crippen molar-refractivity contribution >= 4 is 11.7 Å². The van der Waals surface area contributed by atoms with E-state index in [1.807, 2.05) is 0 Å². The lowest BCUT2D eigenvalue weighted by Gasteiger charge is -2.24. The van der Waals surface area contributed by atoms with Crippen LogP contribution in [0.3, 0.4) is 0 Å². The van der Waals surface area contributed by atoms with E-state index in [4.69, 9.17) is 19.9 Å². The molecule has 0 aliphatic rings. The molecule has 0 aliphatic carbocycles. The zero-order chi connectivity index (χ0) is 26.5. The van der Waals surface area contributed by atoms with Gasteiger partial charge in [0.05, 0.1) is 19.9 Å². The molecule has 0 radical (unpaired) electrons. The van der Waals surface area contributed by atoms with Crippen LogP contribution in [0.15, 0.2) is 48.5 Å². The summed E-state index contributed by atoms with van der Waals surface area (Å²) in [6.07, 6.45) is 0.117. The lowest BCUT2D eigenvalue weighted by Crippen LogP contribution is -2.24. The second-order valence-electron chi connectivity index (χ2n) is 8.53. The van der Waals surface area contributed by atoms with Gasteiger partial charge in [-0.25, -0.2) is 9.37 Å². The highest BCUT2D eigenvalue weighted by atomic mass is 19.1. The molecule has 0 spiro atoms. The number of ether oxygens (including phenoxy) is 3. The molecule has 0 saturated carbocycles. The summed E-state index contributed by atoms with van der Waals surface area (Å²) in [5.41, 5.74) is 5.94. The maximum atomic E-state index is 13.8. The van der Waals surface area contributed by atoms with Crippen LogP contribution in [-0.2, 0) is 10.4 Å². The van der Waals surface area contributed by atoms with Gasteiger partial charge in [0.1, 0.15) is 22.9 Å². The minimum atomic E-state index is -1.43. The van der Waals surface area contributed by atoms with E-state index in [-0.39, 0.29) is 42.5 Å². The monoisotopic (exact) mass is 496 g/mol. The summed E-state index contributed by atoms with van der Waals surface area (Å²) >= 11 is 0. The highest BCUT2D eigenvalue weighted by molar-refractivity contribution is 5.96. The molecule has 0 aliphatic heterocycles. The SMILES string of the molecule is COc1cc(C(=O)CCC(C)(O)c2ccc(OC)c(-c3ccc(F)c(C)c3)n2)ccc1OCC(N)=O. The Labute approximate surface area is 208 Å². The van der Waals surface area contributed by atoms with Crippen molar-refractivity contribution in [2.45, 2.75) is 32.3 Å². The third kappa shape index (κ3) is 6.17. The van der Waals surface area contributed by atoms with Crippen molar-refractivity contribution in [2.75, 3.05) is 20.8 Å². The third-order valence-electron chi connectivity index (χ3n) is 5.76. The number of hydrogen-bond donors (Lipinski definition) is 2. The Bertz CT molecular complexity index is 1280. The molecule has 190 valence electrons. The summed E-state index contributed by atoms with van der Waals surface area (Å²) in [4.78, 5) is 28.4. The van der Waals surface area contributed by atoms with Crippen LogP contribution in [0.2, 0.25) is 0 Å². The summed E-state index contributed by atoms with van der Waals surface area (Å²) in [7, 11) is 2.92. The van der Waals surface area contributed by atoms with Gasteiger partial charge >= 0.3 is 0 Å². The van der Waals surface area contributed by atoms with E-state index < -0.39 is 11.5 Å².